The summed E-state index contributed by atoms with van der Waals surface area (Å²) in [5, 5.41) is -0.528. The number of nitrogens with zero attached hydrogens (tertiary/aromatic N) is 2. The van der Waals surface area contributed by atoms with E-state index in [1.54, 1.807) is 38.1 Å². The number of anilines is 2. The molecule has 2 aromatic rings. The van der Waals surface area contributed by atoms with Crippen molar-refractivity contribution in [3.8, 4) is 11.1 Å². The molecular formula is C13H16N4O2S. The number of nitrogen functional groups attached to an aromatic ring is 2. The second-order valence-electron chi connectivity index (χ2n) is 4.62. The molecule has 6 nitrogen and oxygen atoms in total. The molecule has 4 N–H and O–H groups in total. The van der Waals surface area contributed by atoms with Gasteiger partial charge in [0.15, 0.2) is 9.84 Å². The van der Waals surface area contributed by atoms with Gasteiger partial charge in [-0.3, -0.25) is 0 Å². The second-order valence-corrected chi connectivity index (χ2v) is 7.09. The molecule has 0 bridgehead atoms. The van der Waals surface area contributed by atoms with Crippen LogP contribution in [0.15, 0.2) is 35.4 Å². The fourth-order valence-corrected chi connectivity index (χ4v) is 3.07. The predicted molar refractivity (Wildman–Crippen MR) is 78.6 cm³/mol. The van der Waals surface area contributed by atoms with E-state index in [1.165, 1.54) is 6.20 Å². The summed E-state index contributed by atoms with van der Waals surface area (Å²) in [6.07, 6.45) is 1.44. The van der Waals surface area contributed by atoms with Crippen LogP contribution in [0.25, 0.3) is 11.1 Å². The third-order valence-electron chi connectivity index (χ3n) is 2.94. The summed E-state index contributed by atoms with van der Waals surface area (Å²) in [6.45, 7) is 3.27. The van der Waals surface area contributed by atoms with Gasteiger partial charge in [-0.05, 0) is 19.9 Å². The first kappa shape index (κ1) is 14.3. The summed E-state index contributed by atoms with van der Waals surface area (Å²) >= 11 is 0. The minimum absolute atomic E-state index is 0.0513. The van der Waals surface area contributed by atoms with Crippen molar-refractivity contribution in [3.63, 3.8) is 0 Å². The fraction of sp³-hybridized carbons (Fsp3) is 0.231. The molecule has 20 heavy (non-hydrogen) atoms. The Hall–Kier alpha value is -2.15. The third-order valence-corrected chi connectivity index (χ3v) is 5.15. The molecule has 0 radical (unpaired) electrons. The van der Waals surface area contributed by atoms with Crippen LogP contribution in [-0.2, 0) is 9.84 Å². The van der Waals surface area contributed by atoms with Crippen LogP contribution >= 0.6 is 0 Å². The number of nitrogens with two attached hydrogens (primary N) is 2. The average molecular weight is 292 g/mol. The van der Waals surface area contributed by atoms with Crippen molar-refractivity contribution < 1.29 is 8.42 Å². The van der Waals surface area contributed by atoms with Gasteiger partial charge >= 0.3 is 0 Å². The predicted octanol–water partition coefficient (Wildman–Crippen LogP) is 1.49. The molecule has 0 saturated carbocycles. The zero-order chi connectivity index (χ0) is 14.9. The van der Waals surface area contributed by atoms with Crippen molar-refractivity contribution in [1.82, 2.24) is 9.97 Å². The molecule has 0 fully saturated rings. The normalized spacial score (nSPS) is 11.8. The average Bonchev–Trinajstić information content (AvgIpc) is 2.38. The molecule has 1 aromatic heterocycles. The standard InChI is InChI=1S/C13H16N4O2S/c1-8(2)20(18,19)11-6-4-3-5-9(11)10-7-16-13(15)17-12(10)14/h3-8H,1-2H3,(H4,14,15,16,17). The zero-order valence-corrected chi connectivity index (χ0v) is 12.1. The Morgan fingerprint density at radius 3 is 2.35 bits per heavy atom. The highest BCUT2D eigenvalue weighted by Gasteiger charge is 2.24. The summed E-state index contributed by atoms with van der Waals surface area (Å²) in [6, 6.07) is 6.65. The van der Waals surface area contributed by atoms with Gasteiger partial charge in [0.05, 0.1) is 10.1 Å². The maximum atomic E-state index is 12.4. The van der Waals surface area contributed by atoms with Gasteiger partial charge in [0.2, 0.25) is 5.95 Å². The van der Waals surface area contributed by atoms with Gasteiger partial charge in [-0.1, -0.05) is 18.2 Å². The first-order valence-electron chi connectivity index (χ1n) is 6.05. The van der Waals surface area contributed by atoms with Crippen molar-refractivity contribution in [2.24, 2.45) is 0 Å². The van der Waals surface area contributed by atoms with Crippen molar-refractivity contribution in [2.45, 2.75) is 24.0 Å². The summed E-state index contributed by atoms with van der Waals surface area (Å²) in [5.41, 5.74) is 12.2. The van der Waals surface area contributed by atoms with Crippen LogP contribution in [0.1, 0.15) is 13.8 Å². The first-order chi connectivity index (χ1) is 9.34. The number of hydrogen-bond acceptors (Lipinski definition) is 6. The molecule has 1 aromatic carbocycles. The maximum Gasteiger partial charge on any atom is 0.221 e. The maximum absolute atomic E-state index is 12.4. The Balaban J connectivity index is 2.71. The molecule has 7 heteroatoms. The number of rotatable bonds is 3. The fourth-order valence-electron chi connectivity index (χ4n) is 1.81. The van der Waals surface area contributed by atoms with E-state index in [1.807, 2.05) is 0 Å². The second kappa shape index (κ2) is 5.09. The van der Waals surface area contributed by atoms with Crippen molar-refractivity contribution in [3.05, 3.63) is 30.5 Å². The van der Waals surface area contributed by atoms with Gasteiger partial charge in [-0.25, -0.2) is 13.4 Å². The summed E-state index contributed by atoms with van der Waals surface area (Å²) in [5.74, 6) is 0.208. The van der Waals surface area contributed by atoms with Crippen LogP contribution in [0.3, 0.4) is 0 Å². The topological polar surface area (TPSA) is 112 Å². The number of aromatic nitrogens is 2. The number of hydrogen-bond donors (Lipinski definition) is 2. The van der Waals surface area contributed by atoms with Crippen LogP contribution in [-0.4, -0.2) is 23.6 Å². The quantitative estimate of drug-likeness (QED) is 0.886. The van der Waals surface area contributed by atoms with E-state index in [-0.39, 0.29) is 16.7 Å². The molecule has 2 rings (SSSR count). The van der Waals surface area contributed by atoms with Crippen molar-refractivity contribution in [2.75, 3.05) is 11.5 Å². The van der Waals surface area contributed by atoms with Crippen LogP contribution < -0.4 is 11.5 Å². The smallest absolute Gasteiger partial charge is 0.221 e. The summed E-state index contributed by atoms with van der Waals surface area (Å²) in [7, 11) is -3.42. The lowest BCUT2D eigenvalue weighted by Crippen LogP contribution is -2.15. The highest BCUT2D eigenvalue weighted by molar-refractivity contribution is 7.92. The highest BCUT2D eigenvalue weighted by atomic mass is 32.2. The van der Waals surface area contributed by atoms with Gasteiger partial charge in [0.1, 0.15) is 5.82 Å². The molecule has 0 amide bonds. The van der Waals surface area contributed by atoms with Gasteiger partial charge in [0, 0.05) is 17.3 Å². The molecule has 1 heterocycles. The molecule has 0 aliphatic carbocycles. The Morgan fingerprint density at radius 2 is 1.75 bits per heavy atom. The molecule has 0 aliphatic rings. The zero-order valence-electron chi connectivity index (χ0n) is 11.2. The lowest BCUT2D eigenvalue weighted by atomic mass is 10.1. The molecule has 0 saturated heterocycles. The van der Waals surface area contributed by atoms with Crippen LogP contribution in [0.2, 0.25) is 0 Å². The van der Waals surface area contributed by atoms with E-state index in [9.17, 15) is 8.42 Å². The molecule has 0 unspecified atom stereocenters. The van der Waals surface area contributed by atoms with E-state index in [4.69, 9.17) is 11.5 Å². The lowest BCUT2D eigenvalue weighted by Gasteiger charge is -2.13. The monoisotopic (exact) mass is 292 g/mol. The van der Waals surface area contributed by atoms with Gasteiger partial charge in [0.25, 0.3) is 0 Å². The van der Waals surface area contributed by atoms with Gasteiger partial charge in [-0.2, -0.15) is 4.98 Å². The molecule has 0 spiro atoms. The third kappa shape index (κ3) is 2.44. The van der Waals surface area contributed by atoms with E-state index in [0.29, 0.717) is 11.1 Å². The van der Waals surface area contributed by atoms with E-state index in [2.05, 4.69) is 9.97 Å². The molecule has 106 valence electrons. The van der Waals surface area contributed by atoms with Crippen molar-refractivity contribution in [1.29, 1.82) is 0 Å². The largest absolute Gasteiger partial charge is 0.383 e. The van der Waals surface area contributed by atoms with Gasteiger partial charge < -0.3 is 11.5 Å². The first-order valence-corrected chi connectivity index (χ1v) is 7.60. The van der Waals surface area contributed by atoms with Gasteiger partial charge in [-0.15, -0.1) is 0 Å². The highest BCUT2D eigenvalue weighted by Crippen LogP contribution is 2.32. The molecule has 0 aliphatic heterocycles. The summed E-state index contributed by atoms with van der Waals surface area (Å²) < 4.78 is 24.8. The Labute approximate surface area is 117 Å². The summed E-state index contributed by atoms with van der Waals surface area (Å²) in [4.78, 5) is 7.96. The minimum Gasteiger partial charge on any atom is -0.383 e. The number of sulfone groups is 1. The minimum atomic E-state index is -3.42. The van der Waals surface area contributed by atoms with E-state index >= 15 is 0 Å². The SMILES string of the molecule is CC(C)S(=O)(=O)c1ccccc1-c1cnc(N)nc1N. The van der Waals surface area contributed by atoms with Crippen molar-refractivity contribution >= 4 is 21.6 Å². The Kier molecular flexibility index (Phi) is 3.63. The number of benzene rings is 1. The van der Waals surface area contributed by atoms with E-state index in [0.717, 1.165) is 0 Å². The van der Waals surface area contributed by atoms with Crippen LogP contribution in [0.5, 0.6) is 0 Å². The van der Waals surface area contributed by atoms with Crippen LogP contribution in [0, 0.1) is 0 Å². The molecule has 0 atom stereocenters. The van der Waals surface area contributed by atoms with E-state index < -0.39 is 15.1 Å². The Morgan fingerprint density at radius 1 is 1.10 bits per heavy atom. The molecular weight excluding hydrogens is 276 g/mol. The van der Waals surface area contributed by atoms with Crippen LogP contribution in [0.4, 0.5) is 11.8 Å². The lowest BCUT2D eigenvalue weighted by molar-refractivity contribution is 0.587. The Bertz CT molecular complexity index is 742.